The molecular formula is C14H25N3O3. The highest BCUT2D eigenvalue weighted by Crippen LogP contribution is 2.26. The van der Waals surface area contributed by atoms with Gasteiger partial charge >= 0.3 is 12.0 Å². The fraction of sp³-hybridized carbons (Fsp3) is 0.857. The van der Waals surface area contributed by atoms with E-state index in [0.717, 1.165) is 19.5 Å². The Hall–Kier alpha value is -1.30. The number of urea groups is 1. The summed E-state index contributed by atoms with van der Waals surface area (Å²) in [6.07, 6.45) is 0.771. The molecule has 2 amide bonds. The van der Waals surface area contributed by atoms with Gasteiger partial charge in [-0.2, -0.15) is 0 Å². The standard InChI is InChI=1S/C14H25N3O3/c1-4-15-7-8-16(9-11(15)3)14(20)17-6-5-10(2)12(17)13(18)19/h10-12H,4-9H2,1-3H3,(H,18,19). The van der Waals surface area contributed by atoms with Crippen LogP contribution in [0.1, 0.15) is 27.2 Å². The summed E-state index contributed by atoms with van der Waals surface area (Å²) >= 11 is 0. The van der Waals surface area contributed by atoms with E-state index in [2.05, 4.69) is 18.7 Å². The van der Waals surface area contributed by atoms with E-state index in [-0.39, 0.29) is 11.9 Å². The average molecular weight is 283 g/mol. The van der Waals surface area contributed by atoms with Crippen molar-refractivity contribution >= 4 is 12.0 Å². The fourth-order valence-electron chi connectivity index (χ4n) is 3.36. The maximum atomic E-state index is 12.6. The van der Waals surface area contributed by atoms with Crippen molar-refractivity contribution in [2.45, 2.75) is 39.3 Å². The first kappa shape index (κ1) is 15.1. The molecule has 3 atom stereocenters. The van der Waals surface area contributed by atoms with Crippen molar-refractivity contribution < 1.29 is 14.7 Å². The van der Waals surface area contributed by atoms with Crippen LogP contribution in [0.3, 0.4) is 0 Å². The molecule has 0 spiro atoms. The Balaban J connectivity index is 2.03. The van der Waals surface area contributed by atoms with Crippen LogP contribution in [0.5, 0.6) is 0 Å². The van der Waals surface area contributed by atoms with Gasteiger partial charge in [0.15, 0.2) is 0 Å². The maximum absolute atomic E-state index is 12.6. The molecule has 0 aromatic heterocycles. The summed E-state index contributed by atoms with van der Waals surface area (Å²) in [6.45, 7) is 9.92. The van der Waals surface area contributed by atoms with E-state index in [9.17, 15) is 14.7 Å². The number of carboxylic acids is 1. The van der Waals surface area contributed by atoms with Crippen molar-refractivity contribution in [3.05, 3.63) is 0 Å². The van der Waals surface area contributed by atoms with Crippen LogP contribution in [0.15, 0.2) is 0 Å². The highest BCUT2D eigenvalue weighted by atomic mass is 16.4. The number of carboxylic acid groups (broad SMARTS) is 1. The SMILES string of the molecule is CCN1CCN(C(=O)N2CCC(C)C2C(=O)O)CC1C. The number of nitrogens with zero attached hydrogens (tertiary/aromatic N) is 3. The van der Waals surface area contributed by atoms with Crippen molar-refractivity contribution in [1.82, 2.24) is 14.7 Å². The summed E-state index contributed by atoms with van der Waals surface area (Å²) in [4.78, 5) is 29.6. The summed E-state index contributed by atoms with van der Waals surface area (Å²) in [5.41, 5.74) is 0. The summed E-state index contributed by atoms with van der Waals surface area (Å²) in [5.74, 6) is -0.852. The molecule has 2 heterocycles. The molecule has 0 bridgehead atoms. The van der Waals surface area contributed by atoms with E-state index < -0.39 is 12.0 Å². The molecule has 2 aliphatic heterocycles. The number of carbonyl (C=O) groups is 2. The second kappa shape index (κ2) is 5.99. The Morgan fingerprint density at radius 2 is 1.90 bits per heavy atom. The molecule has 6 nitrogen and oxygen atoms in total. The third-order valence-corrected chi connectivity index (χ3v) is 4.64. The molecule has 2 fully saturated rings. The van der Waals surface area contributed by atoms with E-state index in [1.54, 1.807) is 4.90 Å². The summed E-state index contributed by atoms with van der Waals surface area (Å²) in [7, 11) is 0. The Morgan fingerprint density at radius 1 is 1.20 bits per heavy atom. The van der Waals surface area contributed by atoms with Crippen molar-refractivity contribution in [2.75, 3.05) is 32.7 Å². The quantitative estimate of drug-likeness (QED) is 0.819. The molecule has 2 rings (SSSR count). The molecule has 2 aliphatic rings. The molecule has 3 unspecified atom stereocenters. The first-order valence-electron chi connectivity index (χ1n) is 7.48. The minimum atomic E-state index is -0.886. The molecule has 0 aliphatic carbocycles. The van der Waals surface area contributed by atoms with Gasteiger partial charge in [-0.3, -0.25) is 4.90 Å². The second-order valence-electron chi connectivity index (χ2n) is 5.95. The third kappa shape index (κ3) is 2.75. The smallest absolute Gasteiger partial charge is 0.326 e. The molecule has 1 N–H and O–H groups in total. The number of hydrogen-bond donors (Lipinski definition) is 1. The Morgan fingerprint density at radius 3 is 2.45 bits per heavy atom. The first-order chi connectivity index (χ1) is 9.45. The number of hydrogen-bond acceptors (Lipinski definition) is 3. The summed E-state index contributed by atoms with van der Waals surface area (Å²) in [6, 6.07) is -0.438. The number of likely N-dealkylation sites (tertiary alicyclic amines) is 1. The van der Waals surface area contributed by atoms with Gasteiger partial charge < -0.3 is 14.9 Å². The van der Waals surface area contributed by atoms with E-state index in [4.69, 9.17) is 0 Å². The topological polar surface area (TPSA) is 64.1 Å². The lowest BCUT2D eigenvalue weighted by molar-refractivity contribution is -0.142. The molecule has 6 heteroatoms. The fourth-order valence-corrected chi connectivity index (χ4v) is 3.36. The highest BCUT2D eigenvalue weighted by Gasteiger charge is 2.41. The first-order valence-corrected chi connectivity index (χ1v) is 7.48. The maximum Gasteiger partial charge on any atom is 0.326 e. The minimum Gasteiger partial charge on any atom is -0.480 e. The van der Waals surface area contributed by atoms with Gasteiger partial charge in [-0.1, -0.05) is 13.8 Å². The molecule has 0 aromatic rings. The molecular weight excluding hydrogens is 258 g/mol. The van der Waals surface area contributed by atoms with Gasteiger partial charge in [-0.05, 0) is 25.8 Å². The van der Waals surface area contributed by atoms with Crippen LogP contribution in [0.4, 0.5) is 4.79 Å². The van der Waals surface area contributed by atoms with Crippen LogP contribution >= 0.6 is 0 Å². The Kier molecular flexibility index (Phi) is 4.52. The van der Waals surface area contributed by atoms with E-state index in [1.165, 1.54) is 0 Å². The van der Waals surface area contributed by atoms with Crippen LogP contribution in [0.25, 0.3) is 0 Å². The van der Waals surface area contributed by atoms with E-state index in [1.807, 2.05) is 11.8 Å². The van der Waals surface area contributed by atoms with Gasteiger partial charge in [-0.15, -0.1) is 0 Å². The number of piperazine rings is 1. The van der Waals surface area contributed by atoms with Crippen molar-refractivity contribution in [1.29, 1.82) is 0 Å². The van der Waals surface area contributed by atoms with Crippen LogP contribution in [0.2, 0.25) is 0 Å². The summed E-state index contributed by atoms with van der Waals surface area (Å²) < 4.78 is 0. The number of carbonyl (C=O) groups excluding carboxylic acids is 1. The van der Waals surface area contributed by atoms with E-state index in [0.29, 0.717) is 25.7 Å². The Bertz CT molecular complexity index is 388. The van der Waals surface area contributed by atoms with Crippen LogP contribution in [0, 0.1) is 5.92 Å². The zero-order valence-electron chi connectivity index (χ0n) is 12.6. The summed E-state index contributed by atoms with van der Waals surface area (Å²) in [5, 5.41) is 9.31. The number of rotatable bonds is 2. The van der Waals surface area contributed by atoms with Crippen molar-refractivity contribution in [3.63, 3.8) is 0 Å². The molecule has 0 saturated carbocycles. The predicted octanol–water partition coefficient (Wildman–Crippen LogP) is 0.927. The molecule has 2 saturated heterocycles. The predicted molar refractivity (Wildman–Crippen MR) is 75.6 cm³/mol. The number of amides is 2. The van der Waals surface area contributed by atoms with Gasteiger partial charge in [0.05, 0.1) is 0 Å². The average Bonchev–Trinajstić information content (AvgIpc) is 2.79. The zero-order valence-corrected chi connectivity index (χ0v) is 12.6. The molecule has 0 aromatic carbocycles. The highest BCUT2D eigenvalue weighted by molar-refractivity contribution is 5.83. The van der Waals surface area contributed by atoms with Crippen molar-refractivity contribution in [3.8, 4) is 0 Å². The molecule has 0 radical (unpaired) electrons. The van der Waals surface area contributed by atoms with Gasteiger partial charge in [-0.25, -0.2) is 9.59 Å². The van der Waals surface area contributed by atoms with Gasteiger partial charge in [0.25, 0.3) is 0 Å². The van der Waals surface area contributed by atoms with Crippen LogP contribution in [-0.4, -0.2) is 76.6 Å². The van der Waals surface area contributed by atoms with Crippen LogP contribution < -0.4 is 0 Å². The molecule has 114 valence electrons. The van der Waals surface area contributed by atoms with Gasteiger partial charge in [0, 0.05) is 32.2 Å². The lowest BCUT2D eigenvalue weighted by Crippen LogP contribution is -2.57. The van der Waals surface area contributed by atoms with Crippen LogP contribution in [-0.2, 0) is 4.79 Å². The normalized spacial score (nSPS) is 31.6. The molecule has 20 heavy (non-hydrogen) atoms. The second-order valence-corrected chi connectivity index (χ2v) is 5.95. The van der Waals surface area contributed by atoms with Gasteiger partial charge in [0.2, 0.25) is 0 Å². The largest absolute Gasteiger partial charge is 0.480 e. The zero-order chi connectivity index (χ0) is 14.9. The number of aliphatic carboxylic acids is 1. The lowest BCUT2D eigenvalue weighted by Gasteiger charge is -2.41. The van der Waals surface area contributed by atoms with Gasteiger partial charge in [0.1, 0.15) is 6.04 Å². The number of likely N-dealkylation sites (N-methyl/N-ethyl adjacent to an activating group) is 1. The minimum absolute atomic E-state index is 0.0332. The monoisotopic (exact) mass is 283 g/mol. The third-order valence-electron chi connectivity index (χ3n) is 4.64. The van der Waals surface area contributed by atoms with E-state index >= 15 is 0 Å². The lowest BCUT2D eigenvalue weighted by atomic mass is 10.0. The van der Waals surface area contributed by atoms with Crippen molar-refractivity contribution in [2.24, 2.45) is 5.92 Å². The Labute approximate surface area is 120 Å².